The van der Waals surface area contributed by atoms with E-state index in [1.165, 1.54) is 52.1 Å². The van der Waals surface area contributed by atoms with Crippen molar-refractivity contribution in [2.75, 3.05) is 27.9 Å². The fourth-order valence-electron chi connectivity index (χ4n) is 5.27. The van der Waals surface area contributed by atoms with Gasteiger partial charge in [-0.1, -0.05) is 6.07 Å². The van der Waals surface area contributed by atoms with Gasteiger partial charge in [0, 0.05) is 12.6 Å². The van der Waals surface area contributed by atoms with Crippen LogP contribution >= 0.6 is 0 Å². The molecule has 0 radical (unpaired) electrons. The molecule has 37 heavy (non-hydrogen) atoms. The smallest absolute Gasteiger partial charge is 0.335 e. The molecular formula is C27H31NO9. The van der Waals surface area contributed by atoms with E-state index in [9.17, 15) is 9.59 Å². The topological polar surface area (TPSA) is 146 Å². The van der Waals surface area contributed by atoms with Crippen LogP contribution in [0.25, 0.3) is 21.5 Å². The van der Waals surface area contributed by atoms with Crippen molar-refractivity contribution in [1.29, 1.82) is 0 Å². The number of aliphatic carboxylic acids is 2. The second-order valence-corrected chi connectivity index (χ2v) is 9.16. The fourth-order valence-corrected chi connectivity index (χ4v) is 5.27. The van der Waals surface area contributed by atoms with Gasteiger partial charge in [-0.3, -0.25) is 4.90 Å². The predicted octanol–water partition coefficient (Wildman–Crippen LogP) is 2.42. The van der Waals surface area contributed by atoms with Crippen LogP contribution in [-0.4, -0.2) is 83.4 Å². The van der Waals surface area contributed by atoms with E-state index in [1.54, 1.807) is 21.3 Å². The van der Waals surface area contributed by atoms with Gasteiger partial charge in [0.15, 0.2) is 23.7 Å². The summed E-state index contributed by atoms with van der Waals surface area (Å²) in [6.45, 7) is 2.23. The maximum Gasteiger partial charge on any atom is 0.335 e. The lowest BCUT2D eigenvalue weighted by Crippen LogP contribution is -2.39. The van der Waals surface area contributed by atoms with Gasteiger partial charge in [0.05, 0.1) is 21.3 Å². The van der Waals surface area contributed by atoms with Crippen LogP contribution < -0.4 is 14.2 Å². The minimum absolute atomic E-state index is 0.681. The Balaban J connectivity index is 0.000000275. The van der Waals surface area contributed by atoms with E-state index in [1.807, 2.05) is 0 Å². The lowest BCUT2D eigenvalue weighted by molar-refractivity contribution is -0.165. The molecule has 0 spiro atoms. The monoisotopic (exact) mass is 513 g/mol. The summed E-state index contributed by atoms with van der Waals surface area (Å²) in [6, 6.07) is 11.4. The second-order valence-electron chi connectivity index (χ2n) is 9.16. The zero-order valence-electron chi connectivity index (χ0n) is 20.9. The average molecular weight is 514 g/mol. The number of carboxylic acids is 2. The molecule has 198 valence electrons. The lowest BCUT2D eigenvalue weighted by atomic mass is 9.85. The summed E-state index contributed by atoms with van der Waals surface area (Å²) in [5.74, 6) is -1.09. The molecule has 0 aromatic heterocycles. The van der Waals surface area contributed by atoms with Gasteiger partial charge in [0.2, 0.25) is 0 Å². The van der Waals surface area contributed by atoms with Crippen LogP contribution in [0, 0.1) is 0 Å². The Kier molecular flexibility index (Phi) is 7.72. The molecular weight excluding hydrogens is 482 g/mol. The normalized spacial score (nSPS) is 18.2. The summed E-state index contributed by atoms with van der Waals surface area (Å²) >= 11 is 0. The zero-order chi connectivity index (χ0) is 26.9. The molecule has 5 rings (SSSR count). The molecule has 3 atom stereocenters. The van der Waals surface area contributed by atoms with Crippen molar-refractivity contribution in [2.45, 2.75) is 44.1 Å². The summed E-state index contributed by atoms with van der Waals surface area (Å²) in [5.41, 5.74) is 2.94. The van der Waals surface area contributed by atoms with Crippen molar-refractivity contribution in [2.24, 2.45) is 0 Å². The first-order valence-corrected chi connectivity index (χ1v) is 11.9. The molecule has 0 amide bonds. The number of methoxy groups -OCH3 is 3. The molecule has 10 heteroatoms. The Morgan fingerprint density at radius 3 is 2.00 bits per heavy atom. The number of aliphatic hydroxyl groups is 2. The number of fused-ring (bicyclic) bond motifs is 7. The third kappa shape index (κ3) is 5.00. The molecule has 3 aromatic carbocycles. The Bertz CT molecular complexity index is 1320. The largest absolute Gasteiger partial charge is 0.497 e. The molecule has 2 heterocycles. The molecule has 0 aliphatic carbocycles. The number of ether oxygens (including phenoxy) is 3. The molecule has 3 aromatic rings. The van der Waals surface area contributed by atoms with Gasteiger partial charge in [0.25, 0.3) is 0 Å². The van der Waals surface area contributed by atoms with Crippen molar-refractivity contribution < 1.29 is 44.2 Å². The molecule has 4 N–H and O–H groups in total. The average Bonchev–Trinajstić information content (AvgIpc) is 3.38. The van der Waals surface area contributed by atoms with Gasteiger partial charge in [-0.2, -0.15) is 0 Å². The molecule has 0 bridgehead atoms. The lowest BCUT2D eigenvalue weighted by Gasteiger charge is -2.33. The molecule has 1 fully saturated rings. The first-order chi connectivity index (χ1) is 17.7. The van der Waals surface area contributed by atoms with Crippen molar-refractivity contribution in [1.82, 2.24) is 4.90 Å². The molecule has 2 unspecified atom stereocenters. The highest BCUT2D eigenvalue weighted by atomic mass is 16.5. The van der Waals surface area contributed by atoms with Gasteiger partial charge < -0.3 is 34.6 Å². The highest BCUT2D eigenvalue weighted by molar-refractivity contribution is 6.12. The highest BCUT2D eigenvalue weighted by Gasteiger charge is 2.32. The van der Waals surface area contributed by atoms with Crippen molar-refractivity contribution >= 4 is 33.5 Å². The number of aliphatic hydroxyl groups excluding tert-OH is 2. The maximum atomic E-state index is 9.77. The summed E-state index contributed by atoms with van der Waals surface area (Å²) in [5, 5.41) is 37.6. The Morgan fingerprint density at radius 2 is 1.43 bits per heavy atom. The van der Waals surface area contributed by atoms with Crippen LogP contribution in [0.1, 0.15) is 24.0 Å². The van der Waals surface area contributed by atoms with E-state index in [0.29, 0.717) is 6.04 Å². The number of nitrogens with zero attached hydrogens (tertiary/aromatic N) is 1. The molecule has 2 aliphatic heterocycles. The number of carbonyl (C=O) groups is 2. The van der Waals surface area contributed by atoms with Gasteiger partial charge in [0.1, 0.15) is 5.75 Å². The van der Waals surface area contributed by atoms with Crippen molar-refractivity contribution in [3.8, 4) is 17.2 Å². The van der Waals surface area contributed by atoms with Crippen LogP contribution in [-0.2, 0) is 22.6 Å². The molecule has 10 nitrogen and oxygen atoms in total. The van der Waals surface area contributed by atoms with E-state index >= 15 is 0 Å². The fraction of sp³-hybridized carbons (Fsp3) is 0.407. The predicted molar refractivity (Wildman–Crippen MR) is 136 cm³/mol. The number of hydrogen-bond acceptors (Lipinski definition) is 8. The van der Waals surface area contributed by atoms with Crippen molar-refractivity contribution in [3.63, 3.8) is 0 Å². The standard InChI is InChI=1S/C23H25NO3.C4H6O6/c1-25-15-6-7-16-17-9-14-5-4-8-24(14)13-21(17)20-12-23(27-3)22(26-2)11-19(20)18(16)10-15;5-1(3(7)8)2(6)4(9)10/h6-7,10-12,14H,4-5,8-9,13H2,1-3H3;1-2,5-6H,(H,7,8)(H,9,10)/t14-;/m0./s1. The van der Waals surface area contributed by atoms with E-state index < -0.39 is 24.1 Å². The summed E-state index contributed by atoms with van der Waals surface area (Å²) in [7, 11) is 5.12. The Hall–Kier alpha value is -3.60. The first kappa shape index (κ1) is 26.5. The van der Waals surface area contributed by atoms with Gasteiger partial charge in [-0.25, -0.2) is 9.59 Å². The van der Waals surface area contributed by atoms with E-state index in [2.05, 4.69) is 35.2 Å². The van der Waals surface area contributed by atoms with Gasteiger partial charge in [-0.15, -0.1) is 0 Å². The Labute approximate surface area is 213 Å². The number of carboxylic acid groups (broad SMARTS) is 2. The zero-order valence-corrected chi connectivity index (χ0v) is 20.9. The summed E-state index contributed by atoms with van der Waals surface area (Å²) < 4.78 is 16.7. The number of benzene rings is 3. The van der Waals surface area contributed by atoms with Crippen LogP contribution in [0.2, 0.25) is 0 Å². The van der Waals surface area contributed by atoms with Gasteiger partial charge >= 0.3 is 11.9 Å². The van der Waals surface area contributed by atoms with Crippen molar-refractivity contribution in [3.05, 3.63) is 41.5 Å². The Morgan fingerprint density at radius 1 is 0.838 bits per heavy atom. The minimum Gasteiger partial charge on any atom is -0.497 e. The quantitative estimate of drug-likeness (QED) is 0.363. The minimum atomic E-state index is -2.27. The summed E-state index contributed by atoms with van der Waals surface area (Å²) in [6.07, 6.45) is -0.793. The van der Waals surface area contributed by atoms with Gasteiger partial charge in [-0.05, 0) is 82.7 Å². The molecule has 1 saturated heterocycles. The first-order valence-electron chi connectivity index (χ1n) is 11.9. The van der Waals surface area contributed by atoms with E-state index in [-0.39, 0.29) is 0 Å². The van der Waals surface area contributed by atoms with Crippen LogP contribution in [0.4, 0.5) is 0 Å². The second kappa shape index (κ2) is 10.8. The highest BCUT2D eigenvalue weighted by Crippen LogP contribution is 2.44. The molecule has 2 aliphatic rings. The third-order valence-electron chi connectivity index (χ3n) is 7.16. The van der Waals surface area contributed by atoms with Crippen LogP contribution in [0.5, 0.6) is 17.2 Å². The third-order valence-corrected chi connectivity index (χ3v) is 7.16. The van der Waals surface area contributed by atoms with Crippen LogP contribution in [0.15, 0.2) is 30.3 Å². The number of hydrogen-bond donors (Lipinski definition) is 4. The molecule has 0 saturated carbocycles. The van der Waals surface area contributed by atoms with E-state index in [4.69, 9.17) is 34.6 Å². The number of rotatable bonds is 6. The maximum absolute atomic E-state index is 9.77. The summed E-state index contributed by atoms with van der Waals surface area (Å²) in [4.78, 5) is 22.2. The SMILES string of the molecule is COc1ccc2c3c(c4cc(OC)c(OC)cc4c2c1)CN1CCC[C@H]1C3.O=C(O)C(O)C(O)C(=O)O. The van der Waals surface area contributed by atoms with E-state index in [0.717, 1.165) is 30.2 Å². The van der Waals surface area contributed by atoms with Crippen LogP contribution in [0.3, 0.4) is 0 Å².